The van der Waals surface area contributed by atoms with Crippen molar-refractivity contribution in [2.45, 2.75) is 33.5 Å². The molecule has 1 aromatic heterocycles. The number of nitrogens with zero attached hydrogens (tertiary/aromatic N) is 2. The van der Waals surface area contributed by atoms with Crippen LogP contribution < -0.4 is 14.8 Å². The van der Waals surface area contributed by atoms with Gasteiger partial charge < -0.3 is 24.1 Å². The average molecular weight is 449 g/mol. The average Bonchev–Trinajstić information content (AvgIpc) is 3.14. The number of ether oxygens (including phenoxy) is 3. The fourth-order valence-electron chi connectivity index (χ4n) is 2.93. The van der Waals surface area contributed by atoms with Crippen LogP contribution in [0.1, 0.15) is 39.9 Å². The number of methoxy groups -OCH3 is 1. The number of anilines is 1. The molecule has 3 aromatic rings. The van der Waals surface area contributed by atoms with E-state index >= 15 is 0 Å². The van der Waals surface area contributed by atoms with Crippen LogP contribution in [0.3, 0.4) is 0 Å². The van der Waals surface area contributed by atoms with E-state index in [1.165, 1.54) is 26.2 Å². The van der Waals surface area contributed by atoms with Gasteiger partial charge in [-0.05, 0) is 63.2 Å². The van der Waals surface area contributed by atoms with E-state index in [1.54, 1.807) is 37.3 Å². The van der Waals surface area contributed by atoms with E-state index in [4.69, 9.17) is 24.0 Å². The molecule has 1 N–H and O–H groups in total. The van der Waals surface area contributed by atoms with Crippen LogP contribution in [0.4, 0.5) is 5.69 Å². The Morgan fingerprint density at radius 1 is 1.15 bits per heavy atom. The predicted molar refractivity (Wildman–Crippen MR) is 118 cm³/mol. The maximum absolute atomic E-state index is 12.6. The van der Waals surface area contributed by atoms with Gasteiger partial charge in [-0.15, -0.1) is 0 Å². The Morgan fingerprint density at radius 3 is 2.48 bits per heavy atom. The number of aromatic nitrogens is 1. The van der Waals surface area contributed by atoms with Gasteiger partial charge in [0, 0.05) is 5.69 Å². The lowest BCUT2D eigenvalue weighted by atomic mass is 10.2. The molecule has 0 aliphatic carbocycles. The van der Waals surface area contributed by atoms with Crippen molar-refractivity contribution in [3.63, 3.8) is 0 Å². The Kier molecular flexibility index (Phi) is 7.31. The minimum Gasteiger partial charge on any atom is -0.493 e. The Labute approximate surface area is 190 Å². The Hall–Kier alpha value is -4.32. The molecule has 0 saturated carbocycles. The Morgan fingerprint density at radius 2 is 1.88 bits per heavy atom. The summed E-state index contributed by atoms with van der Waals surface area (Å²) in [6.45, 7) is 5.32. The summed E-state index contributed by atoms with van der Waals surface area (Å²) >= 11 is 0. The molecular weight excluding hydrogens is 426 g/mol. The second-order valence-electron chi connectivity index (χ2n) is 7.18. The van der Waals surface area contributed by atoms with Crippen LogP contribution in [-0.4, -0.2) is 30.2 Å². The Balaban J connectivity index is 1.62. The molecule has 0 saturated heterocycles. The first-order valence-corrected chi connectivity index (χ1v) is 10.1. The Bertz CT molecular complexity index is 1170. The monoisotopic (exact) mass is 449 g/mol. The molecule has 0 spiro atoms. The number of benzene rings is 2. The third-order valence-electron chi connectivity index (χ3n) is 4.89. The lowest BCUT2D eigenvalue weighted by Crippen LogP contribution is -2.30. The van der Waals surface area contributed by atoms with Gasteiger partial charge in [-0.3, -0.25) is 4.79 Å². The highest BCUT2D eigenvalue weighted by molar-refractivity contribution is 5.97. The molecule has 1 atom stereocenters. The normalized spacial score (nSPS) is 11.2. The summed E-state index contributed by atoms with van der Waals surface area (Å²) in [6, 6.07) is 12.9. The smallest absolute Gasteiger partial charge is 0.339 e. The van der Waals surface area contributed by atoms with Crippen LogP contribution in [0.25, 0.3) is 0 Å². The zero-order valence-electron chi connectivity index (χ0n) is 18.7. The first kappa shape index (κ1) is 23.3. The van der Waals surface area contributed by atoms with Gasteiger partial charge in [-0.2, -0.15) is 5.26 Å². The van der Waals surface area contributed by atoms with Gasteiger partial charge in [0.2, 0.25) is 0 Å². The minimum absolute atomic E-state index is 0.203. The molecule has 0 bridgehead atoms. The molecule has 0 aliphatic heterocycles. The third-order valence-corrected chi connectivity index (χ3v) is 4.89. The maximum Gasteiger partial charge on any atom is 0.339 e. The molecular formula is C24H23N3O6. The molecule has 0 unspecified atom stereocenters. The second kappa shape index (κ2) is 10.3. The summed E-state index contributed by atoms with van der Waals surface area (Å²) in [4.78, 5) is 24.9. The van der Waals surface area contributed by atoms with Crippen molar-refractivity contribution in [1.29, 1.82) is 5.26 Å². The number of hydrogen-bond donors (Lipinski definition) is 1. The van der Waals surface area contributed by atoms with E-state index in [9.17, 15) is 9.59 Å². The summed E-state index contributed by atoms with van der Waals surface area (Å²) < 4.78 is 21.6. The first-order valence-electron chi connectivity index (χ1n) is 10.1. The van der Waals surface area contributed by atoms with Crippen LogP contribution in [0.2, 0.25) is 0 Å². The van der Waals surface area contributed by atoms with Gasteiger partial charge in [0.25, 0.3) is 5.91 Å². The number of carbonyl (C=O) groups excluding carboxylic acids is 2. The van der Waals surface area contributed by atoms with E-state index in [0.29, 0.717) is 28.5 Å². The van der Waals surface area contributed by atoms with E-state index in [0.717, 1.165) is 11.3 Å². The molecule has 1 amide bonds. The SMILES string of the molecule is COc1cc(C(=O)O[C@H](C)C(=O)Nc2ccc(C#N)cc2)ccc1OCc1c(C)noc1C. The standard InChI is InChI=1S/C24H23N3O6/c1-14-20(15(2)33-27-14)13-31-21-10-7-18(11-22(21)30-4)24(29)32-16(3)23(28)26-19-8-5-17(12-25)6-9-19/h5-11,16H,13H2,1-4H3,(H,26,28)/t16-/m1/s1. The minimum atomic E-state index is -1.05. The van der Waals surface area contributed by atoms with Gasteiger partial charge in [-0.1, -0.05) is 5.16 Å². The van der Waals surface area contributed by atoms with Gasteiger partial charge in [-0.25, -0.2) is 4.79 Å². The fourth-order valence-corrected chi connectivity index (χ4v) is 2.93. The number of hydrogen-bond acceptors (Lipinski definition) is 8. The molecule has 0 radical (unpaired) electrons. The quantitative estimate of drug-likeness (QED) is 0.513. The highest BCUT2D eigenvalue weighted by Gasteiger charge is 2.21. The maximum atomic E-state index is 12.6. The fraction of sp³-hybridized carbons (Fsp3) is 0.250. The summed E-state index contributed by atoms with van der Waals surface area (Å²) in [5.41, 5.74) is 2.74. The highest BCUT2D eigenvalue weighted by atomic mass is 16.5. The molecule has 33 heavy (non-hydrogen) atoms. The summed E-state index contributed by atoms with van der Waals surface area (Å²) in [6.07, 6.45) is -1.05. The molecule has 170 valence electrons. The van der Waals surface area contributed by atoms with Crippen LogP contribution in [0.15, 0.2) is 47.0 Å². The van der Waals surface area contributed by atoms with Crippen LogP contribution in [0, 0.1) is 25.2 Å². The van der Waals surface area contributed by atoms with Gasteiger partial charge in [0.15, 0.2) is 17.6 Å². The van der Waals surface area contributed by atoms with Crippen molar-refractivity contribution in [3.8, 4) is 17.6 Å². The molecule has 1 heterocycles. The van der Waals surface area contributed by atoms with Crippen LogP contribution >= 0.6 is 0 Å². The van der Waals surface area contributed by atoms with Crippen molar-refractivity contribution < 1.29 is 28.3 Å². The zero-order valence-corrected chi connectivity index (χ0v) is 18.7. The molecule has 9 nitrogen and oxygen atoms in total. The van der Waals surface area contributed by atoms with Gasteiger partial charge >= 0.3 is 5.97 Å². The summed E-state index contributed by atoms with van der Waals surface area (Å²) in [5, 5.41) is 15.4. The predicted octanol–water partition coefficient (Wildman–Crippen LogP) is 3.93. The van der Waals surface area contributed by atoms with E-state index in [2.05, 4.69) is 10.5 Å². The van der Waals surface area contributed by atoms with Gasteiger partial charge in [0.1, 0.15) is 12.4 Å². The topological polar surface area (TPSA) is 124 Å². The van der Waals surface area contributed by atoms with E-state index in [1.807, 2.05) is 13.0 Å². The zero-order chi connectivity index (χ0) is 24.0. The van der Waals surface area contributed by atoms with Crippen molar-refractivity contribution in [3.05, 3.63) is 70.6 Å². The van der Waals surface area contributed by atoms with Crippen LogP contribution in [0.5, 0.6) is 11.5 Å². The number of nitrogens with one attached hydrogen (secondary N) is 1. The lowest BCUT2D eigenvalue weighted by Gasteiger charge is -2.15. The number of aryl methyl sites for hydroxylation is 2. The largest absolute Gasteiger partial charge is 0.493 e. The third kappa shape index (κ3) is 5.68. The summed E-state index contributed by atoms with van der Waals surface area (Å²) in [5.74, 6) is 0.249. The number of carbonyl (C=O) groups is 2. The second-order valence-corrected chi connectivity index (χ2v) is 7.18. The number of esters is 1. The van der Waals surface area contributed by atoms with Crippen LogP contribution in [-0.2, 0) is 16.1 Å². The van der Waals surface area contributed by atoms with E-state index in [-0.39, 0.29) is 12.2 Å². The van der Waals surface area contributed by atoms with Crippen molar-refractivity contribution in [2.24, 2.45) is 0 Å². The molecule has 0 aliphatic rings. The molecule has 3 rings (SSSR count). The lowest BCUT2D eigenvalue weighted by molar-refractivity contribution is -0.123. The first-order chi connectivity index (χ1) is 15.8. The van der Waals surface area contributed by atoms with Gasteiger partial charge in [0.05, 0.1) is 35.6 Å². The van der Waals surface area contributed by atoms with Crippen molar-refractivity contribution in [2.75, 3.05) is 12.4 Å². The highest BCUT2D eigenvalue weighted by Crippen LogP contribution is 2.30. The number of amides is 1. The van der Waals surface area contributed by atoms with Crippen molar-refractivity contribution >= 4 is 17.6 Å². The number of rotatable bonds is 8. The van der Waals surface area contributed by atoms with E-state index < -0.39 is 18.0 Å². The molecule has 0 fully saturated rings. The summed E-state index contributed by atoms with van der Waals surface area (Å²) in [7, 11) is 1.46. The van der Waals surface area contributed by atoms with Crippen molar-refractivity contribution in [1.82, 2.24) is 5.16 Å². The number of nitriles is 1. The molecule has 2 aromatic carbocycles. The molecule has 9 heteroatoms.